The number of nitrogens with two attached hydrogens (primary N) is 1. The van der Waals surface area contributed by atoms with Crippen molar-refractivity contribution in [3.63, 3.8) is 0 Å². The SMILES string of the molecule is N[C@@H](COP(=O)(Oc1ccccc1)Oc1ccccc1)c1ccccc1. The van der Waals surface area contributed by atoms with Crippen LogP contribution in [0.15, 0.2) is 91.0 Å². The first-order chi connectivity index (χ1) is 12.6. The quantitative estimate of drug-likeness (QED) is 0.568. The second-order valence-corrected chi connectivity index (χ2v) is 7.09. The number of rotatable bonds is 8. The molecule has 0 spiro atoms. The Morgan fingerprint density at radius 3 is 1.62 bits per heavy atom. The fourth-order valence-corrected chi connectivity index (χ4v) is 3.51. The van der Waals surface area contributed by atoms with Crippen LogP contribution in [-0.4, -0.2) is 6.61 Å². The van der Waals surface area contributed by atoms with Gasteiger partial charge in [0.1, 0.15) is 11.5 Å². The fourth-order valence-electron chi connectivity index (χ4n) is 2.26. The Morgan fingerprint density at radius 1 is 0.731 bits per heavy atom. The van der Waals surface area contributed by atoms with Gasteiger partial charge in [-0.25, -0.2) is 4.57 Å². The molecule has 0 fully saturated rings. The van der Waals surface area contributed by atoms with Crippen LogP contribution in [0.3, 0.4) is 0 Å². The molecule has 0 saturated heterocycles. The second-order valence-electron chi connectivity index (χ2n) is 5.57. The van der Waals surface area contributed by atoms with Crippen LogP contribution in [0.4, 0.5) is 0 Å². The van der Waals surface area contributed by atoms with Crippen molar-refractivity contribution in [1.82, 2.24) is 0 Å². The van der Waals surface area contributed by atoms with Gasteiger partial charge in [0.15, 0.2) is 0 Å². The third-order valence-corrected chi connectivity index (χ3v) is 4.89. The van der Waals surface area contributed by atoms with Gasteiger partial charge in [0.05, 0.1) is 12.6 Å². The Hall–Kier alpha value is -2.59. The molecule has 3 aromatic carbocycles. The molecule has 26 heavy (non-hydrogen) atoms. The number of hydrogen-bond donors (Lipinski definition) is 1. The lowest BCUT2D eigenvalue weighted by Crippen LogP contribution is -2.18. The Bertz CT molecular complexity index is 798. The van der Waals surface area contributed by atoms with Gasteiger partial charge in [0, 0.05) is 0 Å². The van der Waals surface area contributed by atoms with E-state index in [4.69, 9.17) is 19.3 Å². The number of benzene rings is 3. The molecule has 1 atom stereocenters. The molecule has 0 heterocycles. The monoisotopic (exact) mass is 369 g/mol. The Morgan fingerprint density at radius 2 is 1.15 bits per heavy atom. The molecule has 0 bridgehead atoms. The Balaban J connectivity index is 1.75. The van der Waals surface area contributed by atoms with Crippen LogP contribution < -0.4 is 14.8 Å². The topological polar surface area (TPSA) is 70.8 Å². The summed E-state index contributed by atoms with van der Waals surface area (Å²) in [5, 5.41) is 0. The summed E-state index contributed by atoms with van der Waals surface area (Å²) in [6.07, 6.45) is 0. The zero-order valence-electron chi connectivity index (χ0n) is 14.1. The van der Waals surface area contributed by atoms with Crippen LogP contribution in [0.2, 0.25) is 0 Å². The van der Waals surface area contributed by atoms with Gasteiger partial charge >= 0.3 is 7.82 Å². The molecule has 0 radical (unpaired) electrons. The molecule has 6 heteroatoms. The van der Waals surface area contributed by atoms with E-state index in [1.165, 1.54) is 0 Å². The van der Waals surface area contributed by atoms with E-state index in [2.05, 4.69) is 0 Å². The molecule has 3 rings (SSSR count). The smallest absolute Gasteiger partial charge is 0.395 e. The van der Waals surface area contributed by atoms with Crippen molar-refractivity contribution in [3.8, 4) is 11.5 Å². The summed E-state index contributed by atoms with van der Waals surface area (Å²) in [5.41, 5.74) is 7.01. The van der Waals surface area contributed by atoms with Crippen molar-refractivity contribution >= 4 is 7.82 Å². The van der Waals surface area contributed by atoms with E-state index in [1.807, 2.05) is 42.5 Å². The van der Waals surface area contributed by atoms with Gasteiger partial charge in [-0.2, -0.15) is 0 Å². The highest BCUT2D eigenvalue weighted by Crippen LogP contribution is 2.50. The summed E-state index contributed by atoms with van der Waals surface area (Å²) in [4.78, 5) is 0. The first kappa shape index (κ1) is 18.2. The maximum absolute atomic E-state index is 13.2. The van der Waals surface area contributed by atoms with Crippen molar-refractivity contribution < 1.29 is 18.1 Å². The molecule has 0 aliphatic heterocycles. The summed E-state index contributed by atoms with van der Waals surface area (Å²) in [6.45, 7) is -0.0129. The third-order valence-electron chi connectivity index (χ3n) is 3.56. The van der Waals surface area contributed by atoms with Crippen LogP contribution in [-0.2, 0) is 9.09 Å². The van der Waals surface area contributed by atoms with Gasteiger partial charge in [0.2, 0.25) is 0 Å². The van der Waals surface area contributed by atoms with E-state index < -0.39 is 13.9 Å². The van der Waals surface area contributed by atoms with Crippen LogP contribution >= 0.6 is 7.82 Å². The van der Waals surface area contributed by atoms with E-state index in [1.54, 1.807) is 48.5 Å². The maximum atomic E-state index is 13.2. The molecule has 0 aromatic heterocycles. The molecule has 2 N–H and O–H groups in total. The minimum Gasteiger partial charge on any atom is -0.395 e. The molecular formula is C20H20NO4P. The third kappa shape index (κ3) is 5.20. The van der Waals surface area contributed by atoms with Crippen LogP contribution in [0.25, 0.3) is 0 Å². The summed E-state index contributed by atoms with van der Waals surface area (Å²) in [6, 6.07) is 26.5. The standard InChI is InChI=1S/C20H20NO4P/c21-20(17-10-4-1-5-11-17)16-23-26(22,24-18-12-6-2-7-13-18)25-19-14-8-3-9-15-19/h1-15,20H,16,21H2/t20-/m0/s1. The molecule has 0 aliphatic carbocycles. The zero-order chi connectivity index (χ0) is 18.2. The van der Waals surface area contributed by atoms with Gasteiger partial charge < -0.3 is 14.8 Å². The summed E-state index contributed by atoms with van der Waals surface area (Å²) >= 11 is 0. The Labute approximate surface area is 153 Å². The summed E-state index contributed by atoms with van der Waals surface area (Å²) in [5.74, 6) is 0.778. The van der Waals surface area contributed by atoms with Crippen molar-refractivity contribution in [3.05, 3.63) is 96.6 Å². The van der Waals surface area contributed by atoms with E-state index >= 15 is 0 Å². The molecule has 5 nitrogen and oxygen atoms in total. The van der Waals surface area contributed by atoms with Gasteiger partial charge in [0.25, 0.3) is 0 Å². The summed E-state index contributed by atoms with van der Waals surface area (Å²) in [7, 11) is -3.92. The van der Waals surface area contributed by atoms with Gasteiger partial charge in [-0.1, -0.05) is 66.7 Å². The summed E-state index contributed by atoms with van der Waals surface area (Å²) < 4.78 is 29.8. The minimum atomic E-state index is -3.92. The van der Waals surface area contributed by atoms with E-state index in [0.717, 1.165) is 5.56 Å². The maximum Gasteiger partial charge on any atom is 0.587 e. The highest BCUT2D eigenvalue weighted by atomic mass is 31.2. The predicted octanol–water partition coefficient (Wildman–Crippen LogP) is 4.97. The fraction of sp³-hybridized carbons (Fsp3) is 0.100. The highest BCUT2D eigenvalue weighted by Gasteiger charge is 2.31. The molecule has 0 saturated carbocycles. The number of hydrogen-bond acceptors (Lipinski definition) is 5. The molecule has 0 aliphatic rings. The lowest BCUT2D eigenvalue weighted by Gasteiger charge is -2.21. The van der Waals surface area contributed by atoms with E-state index in [9.17, 15) is 4.57 Å². The van der Waals surface area contributed by atoms with Crippen molar-refractivity contribution in [2.45, 2.75) is 6.04 Å². The van der Waals surface area contributed by atoms with Gasteiger partial charge in [-0.05, 0) is 29.8 Å². The Kier molecular flexibility index (Phi) is 6.08. The molecule has 0 amide bonds. The average Bonchev–Trinajstić information content (AvgIpc) is 2.68. The van der Waals surface area contributed by atoms with Gasteiger partial charge in [-0.15, -0.1) is 0 Å². The molecule has 134 valence electrons. The van der Waals surface area contributed by atoms with E-state index in [0.29, 0.717) is 11.5 Å². The average molecular weight is 369 g/mol. The van der Waals surface area contributed by atoms with Gasteiger partial charge in [-0.3, -0.25) is 4.52 Å². The van der Waals surface area contributed by atoms with Crippen LogP contribution in [0, 0.1) is 0 Å². The normalized spacial score (nSPS) is 12.3. The van der Waals surface area contributed by atoms with Crippen LogP contribution in [0.1, 0.15) is 11.6 Å². The minimum absolute atomic E-state index is 0.0129. The number of phosphoric acid groups is 1. The van der Waals surface area contributed by atoms with E-state index in [-0.39, 0.29) is 6.61 Å². The molecule has 3 aromatic rings. The first-order valence-corrected chi connectivity index (χ1v) is 9.65. The number of phosphoric ester groups is 1. The second kappa shape index (κ2) is 8.68. The zero-order valence-corrected chi connectivity index (χ0v) is 15.0. The van der Waals surface area contributed by atoms with Crippen molar-refractivity contribution in [2.24, 2.45) is 5.73 Å². The van der Waals surface area contributed by atoms with Crippen molar-refractivity contribution in [1.29, 1.82) is 0 Å². The molecular weight excluding hydrogens is 349 g/mol. The van der Waals surface area contributed by atoms with Crippen molar-refractivity contribution in [2.75, 3.05) is 6.61 Å². The predicted molar refractivity (Wildman–Crippen MR) is 101 cm³/mol. The van der Waals surface area contributed by atoms with Crippen LogP contribution in [0.5, 0.6) is 11.5 Å². The largest absolute Gasteiger partial charge is 0.587 e. The number of para-hydroxylation sites is 2. The highest BCUT2D eigenvalue weighted by molar-refractivity contribution is 7.49. The lowest BCUT2D eigenvalue weighted by atomic mass is 10.1. The lowest BCUT2D eigenvalue weighted by molar-refractivity contribution is 0.198. The first-order valence-electron chi connectivity index (χ1n) is 8.19. The molecule has 0 unspecified atom stereocenters.